The number of rotatable bonds is 1. The predicted octanol–water partition coefficient (Wildman–Crippen LogP) is 3.36. The molecule has 0 saturated heterocycles. The van der Waals surface area contributed by atoms with Crippen LogP contribution in [0.5, 0.6) is 0 Å². The number of thiazole rings is 1. The van der Waals surface area contributed by atoms with Crippen LogP contribution in [0.4, 0.5) is 5.69 Å². The Morgan fingerprint density at radius 1 is 1.31 bits per heavy atom. The third kappa shape index (κ3) is 2.18. The van der Waals surface area contributed by atoms with Crippen molar-refractivity contribution in [1.29, 1.82) is 0 Å². The number of fused-ring (bicyclic) bond motifs is 1. The molecule has 2 aromatic rings. The van der Waals surface area contributed by atoms with Crippen molar-refractivity contribution < 1.29 is 0 Å². The van der Waals surface area contributed by atoms with E-state index in [2.05, 4.69) is 22.4 Å². The first-order chi connectivity index (χ1) is 6.40. The lowest BCUT2D eigenvalue weighted by Crippen LogP contribution is -1.85. The SMILES string of the molecule is CC.CNc1ccc2scnc2c1. The molecule has 0 radical (unpaired) electrons. The van der Waals surface area contributed by atoms with Crippen molar-refractivity contribution in [3.63, 3.8) is 0 Å². The first-order valence-electron chi connectivity index (χ1n) is 4.41. The molecular formula is C10H14N2S. The molecule has 0 aliphatic rings. The lowest BCUT2D eigenvalue weighted by molar-refractivity contribution is 1.48. The highest BCUT2D eigenvalue weighted by molar-refractivity contribution is 7.16. The second kappa shape index (κ2) is 4.82. The summed E-state index contributed by atoms with van der Waals surface area (Å²) in [5.74, 6) is 0. The van der Waals surface area contributed by atoms with Crippen molar-refractivity contribution >= 4 is 27.2 Å². The molecule has 0 aliphatic heterocycles. The zero-order valence-electron chi connectivity index (χ0n) is 8.16. The Bertz CT molecular complexity index is 368. The maximum Gasteiger partial charge on any atom is 0.0832 e. The molecule has 0 aliphatic carbocycles. The van der Waals surface area contributed by atoms with Crippen molar-refractivity contribution in [2.24, 2.45) is 0 Å². The van der Waals surface area contributed by atoms with Crippen LogP contribution in [0.2, 0.25) is 0 Å². The van der Waals surface area contributed by atoms with Crippen LogP contribution in [0, 0.1) is 0 Å². The maximum absolute atomic E-state index is 4.21. The first kappa shape index (κ1) is 9.99. The molecule has 2 nitrogen and oxygen atoms in total. The molecule has 13 heavy (non-hydrogen) atoms. The predicted molar refractivity (Wildman–Crippen MR) is 60.5 cm³/mol. The number of anilines is 1. The van der Waals surface area contributed by atoms with Gasteiger partial charge in [0.25, 0.3) is 0 Å². The van der Waals surface area contributed by atoms with E-state index in [1.807, 2.05) is 32.5 Å². The van der Waals surface area contributed by atoms with Gasteiger partial charge in [0, 0.05) is 12.7 Å². The molecule has 1 aromatic heterocycles. The lowest BCUT2D eigenvalue weighted by atomic mass is 10.3. The van der Waals surface area contributed by atoms with Crippen LogP contribution in [0.1, 0.15) is 13.8 Å². The second-order valence-corrected chi connectivity index (χ2v) is 3.17. The quantitative estimate of drug-likeness (QED) is 0.753. The summed E-state index contributed by atoms with van der Waals surface area (Å²) in [7, 11) is 1.91. The Morgan fingerprint density at radius 3 is 2.77 bits per heavy atom. The van der Waals surface area contributed by atoms with Crippen LogP contribution in [0.25, 0.3) is 10.2 Å². The molecule has 0 spiro atoms. The highest BCUT2D eigenvalue weighted by Crippen LogP contribution is 2.20. The van der Waals surface area contributed by atoms with Gasteiger partial charge in [-0.25, -0.2) is 4.98 Å². The third-order valence-electron chi connectivity index (χ3n) is 1.62. The fraction of sp³-hybridized carbons (Fsp3) is 0.300. The van der Waals surface area contributed by atoms with Gasteiger partial charge in [0.15, 0.2) is 0 Å². The molecule has 0 saturated carbocycles. The largest absolute Gasteiger partial charge is 0.388 e. The van der Waals surface area contributed by atoms with Gasteiger partial charge in [-0.15, -0.1) is 11.3 Å². The standard InChI is InChI=1S/C8H8N2S.C2H6/c1-9-6-2-3-8-7(4-6)10-5-11-8;1-2/h2-5,9H,1H3;1-2H3. The van der Waals surface area contributed by atoms with Gasteiger partial charge in [0.05, 0.1) is 15.7 Å². The van der Waals surface area contributed by atoms with E-state index >= 15 is 0 Å². The van der Waals surface area contributed by atoms with E-state index in [1.165, 1.54) is 4.70 Å². The normalized spacial score (nSPS) is 9.15. The van der Waals surface area contributed by atoms with Crippen LogP contribution in [-0.4, -0.2) is 12.0 Å². The molecule has 0 unspecified atom stereocenters. The van der Waals surface area contributed by atoms with Gasteiger partial charge in [-0.05, 0) is 18.2 Å². The molecule has 2 rings (SSSR count). The topological polar surface area (TPSA) is 24.9 Å². The maximum atomic E-state index is 4.21. The van der Waals surface area contributed by atoms with E-state index in [9.17, 15) is 0 Å². The van der Waals surface area contributed by atoms with Crippen LogP contribution in [-0.2, 0) is 0 Å². The molecule has 1 heterocycles. The molecule has 0 fully saturated rings. The fourth-order valence-corrected chi connectivity index (χ4v) is 1.67. The number of nitrogens with zero attached hydrogens (tertiary/aromatic N) is 1. The molecule has 0 bridgehead atoms. The first-order valence-corrected chi connectivity index (χ1v) is 5.29. The highest BCUT2D eigenvalue weighted by atomic mass is 32.1. The van der Waals surface area contributed by atoms with Crippen LogP contribution in [0.15, 0.2) is 23.7 Å². The number of hydrogen-bond donors (Lipinski definition) is 1. The summed E-state index contributed by atoms with van der Waals surface area (Å²) in [6.07, 6.45) is 0. The summed E-state index contributed by atoms with van der Waals surface area (Å²) in [6, 6.07) is 6.19. The summed E-state index contributed by atoms with van der Waals surface area (Å²) in [6.45, 7) is 4.00. The van der Waals surface area contributed by atoms with E-state index in [0.717, 1.165) is 11.2 Å². The number of hydrogen-bond acceptors (Lipinski definition) is 3. The van der Waals surface area contributed by atoms with Crippen molar-refractivity contribution in [2.45, 2.75) is 13.8 Å². The fourth-order valence-electron chi connectivity index (χ4n) is 1.01. The third-order valence-corrected chi connectivity index (χ3v) is 2.43. The Morgan fingerprint density at radius 2 is 2.08 bits per heavy atom. The monoisotopic (exact) mass is 194 g/mol. The zero-order chi connectivity index (χ0) is 9.68. The summed E-state index contributed by atoms with van der Waals surface area (Å²) in [5, 5.41) is 3.07. The average Bonchev–Trinajstić information content (AvgIpc) is 2.67. The molecule has 1 N–H and O–H groups in total. The van der Waals surface area contributed by atoms with Gasteiger partial charge in [-0.1, -0.05) is 13.8 Å². The minimum absolute atomic E-state index is 1.07. The van der Waals surface area contributed by atoms with Crippen molar-refractivity contribution in [1.82, 2.24) is 4.98 Å². The van der Waals surface area contributed by atoms with E-state index in [1.54, 1.807) is 11.3 Å². The van der Waals surface area contributed by atoms with Crippen LogP contribution >= 0.6 is 11.3 Å². The van der Waals surface area contributed by atoms with Gasteiger partial charge < -0.3 is 5.32 Å². The Balaban J connectivity index is 0.000000396. The minimum Gasteiger partial charge on any atom is -0.388 e. The van der Waals surface area contributed by atoms with Gasteiger partial charge in [-0.3, -0.25) is 0 Å². The number of nitrogens with one attached hydrogen (secondary N) is 1. The summed E-state index contributed by atoms with van der Waals surface area (Å²) >= 11 is 1.67. The minimum atomic E-state index is 1.07. The summed E-state index contributed by atoms with van der Waals surface area (Å²) in [5.41, 5.74) is 4.05. The Labute approximate surface area is 82.6 Å². The lowest BCUT2D eigenvalue weighted by Gasteiger charge is -1.96. The molecule has 0 amide bonds. The van der Waals surface area contributed by atoms with Gasteiger partial charge >= 0.3 is 0 Å². The summed E-state index contributed by atoms with van der Waals surface area (Å²) in [4.78, 5) is 4.21. The highest BCUT2D eigenvalue weighted by Gasteiger charge is 1.95. The van der Waals surface area contributed by atoms with Crippen molar-refractivity contribution in [3.8, 4) is 0 Å². The molecule has 0 atom stereocenters. The molecule has 70 valence electrons. The van der Waals surface area contributed by atoms with E-state index in [-0.39, 0.29) is 0 Å². The van der Waals surface area contributed by atoms with Gasteiger partial charge in [-0.2, -0.15) is 0 Å². The van der Waals surface area contributed by atoms with E-state index in [4.69, 9.17) is 0 Å². The molecule has 3 heteroatoms. The zero-order valence-corrected chi connectivity index (χ0v) is 8.98. The number of aromatic nitrogens is 1. The van der Waals surface area contributed by atoms with E-state index in [0.29, 0.717) is 0 Å². The van der Waals surface area contributed by atoms with Gasteiger partial charge in [0.1, 0.15) is 0 Å². The smallest absolute Gasteiger partial charge is 0.0832 e. The summed E-state index contributed by atoms with van der Waals surface area (Å²) < 4.78 is 1.24. The van der Waals surface area contributed by atoms with Crippen molar-refractivity contribution in [3.05, 3.63) is 23.7 Å². The van der Waals surface area contributed by atoms with Gasteiger partial charge in [0.2, 0.25) is 0 Å². The van der Waals surface area contributed by atoms with Crippen LogP contribution < -0.4 is 5.32 Å². The molecule has 1 aromatic carbocycles. The molecular weight excluding hydrogens is 180 g/mol. The van der Waals surface area contributed by atoms with Crippen LogP contribution in [0.3, 0.4) is 0 Å². The Kier molecular flexibility index (Phi) is 3.71. The van der Waals surface area contributed by atoms with E-state index < -0.39 is 0 Å². The Hall–Kier alpha value is -1.09. The van der Waals surface area contributed by atoms with Crippen molar-refractivity contribution in [2.75, 3.05) is 12.4 Å². The average molecular weight is 194 g/mol. The number of benzene rings is 1. The second-order valence-electron chi connectivity index (χ2n) is 2.28.